The molecule has 22 heavy (non-hydrogen) atoms. The molecular formula is C17H20FN3O. The van der Waals surface area contributed by atoms with Crippen LogP contribution in [0.4, 0.5) is 10.2 Å². The Balaban J connectivity index is 1.76. The summed E-state index contributed by atoms with van der Waals surface area (Å²) >= 11 is 0. The Bertz CT molecular complexity index is 657. The minimum Gasteiger partial charge on any atom is -0.309 e. The van der Waals surface area contributed by atoms with E-state index >= 15 is 0 Å². The summed E-state index contributed by atoms with van der Waals surface area (Å²) in [6.45, 7) is 1.89. The molecule has 5 heteroatoms. The number of hydrogen-bond donors (Lipinski definition) is 2. The molecule has 1 aliphatic rings. The van der Waals surface area contributed by atoms with Gasteiger partial charge in [-0.2, -0.15) is 5.10 Å². The molecule has 2 N–H and O–H groups in total. The molecule has 1 amide bonds. The molecule has 1 aromatic carbocycles. The van der Waals surface area contributed by atoms with Gasteiger partial charge in [-0.1, -0.05) is 25.0 Å². The second-order valence-electron chi connectivity index (χ2n) is 5.98. The Labute approximate surface area is 129 Å². The number of aromatic amines is 1. The summed E-state index contributed by atoms with van der Waals surface area (Å²) in [4.78, 5) is 12.2. The number of aryl methyl sites for hydroxylation is 1. The first-order chi connectivity index (χ1) is 10.6. The summed E-state index contributed by atoms with van der Waals surface area (Å²) in [6, 6.07) is 6.21. The van der Waals surface area contributed by atoms with Crippen molar-refractivity contribution in [1.29, 1.82) is 0 Å². The zero-order chi connectivity index (χ0) is 15.5. The quantitative estimate of drug-likeness (QED) is 0.895. The van der Waals surface area contributed by atoms with Crippen LogP contribution in [0.25, 0.3) is 11.1 Å². The normalized spacial score (nSPS) is 15.2. The number of halogens is 1. The van der Waals surface area contributed by atoms with E-state index in [0.29, 0.717) is 18.2 Å². The average Bonchev–Trinajstić information content (AvgIpc) is 3.11. The van der Waals surface area contributed by atoms with E-state index in [1.54, 1.807) is 12.1 Å². The molecular weight excluding hydrogens is 281 g/mol. The molecule has 0 bridgehead atoms. The molecule has 0 atom stereocenters. The molecule has 3 rings (SSSR count). The fourth-order valence-corrected chi connectivity index (χ4v) is 3.15. The standard InChI is InChI=1S/C17H20FN3O/c1-11-16(13-6-8-14(18)9-7-13)17(21-20-11)19-15(22)10-12-4-2-3-5-12/h6-9,12H,2-5,10H2,1H3,(H2,19,20,21,22). The Hall–Kier alpha value is -2.17. The second kappa shape index (κ2) is 6.30. The van der Waals surface area contributed by atoms with E-state index in [1.807, 2.05) is 6.92 Å². The Morgan fingerprint density at radius 2 is 2.00 bits per heavy atom. The van der Waals surface area contributed by atoms with Crippen molar-refractivity contribution in [1.82, 2.24) is 10.2 Å². The van der Waals surface area contributed by atoms with Crippen molar-refractivity contribution < 1.29 is 9.18 Å². The number of rotatable bonds is 4. The highest BCUT2D eigenvalue weighted by molar-refractivity contribution is 5.94. The van der Waals surface area contributed by atoms with Crippen LogP contribution in [0.5, 0.6) is 0 Å². The van der Waals surface area contributed by atoms with Gasteiger partial charge in [0.25, 0.3) is 0 Å². The fraction of sp³-hybridized carbons (Fsp3) is 0.412. The molecule has 1 fully saturated rings. The van der Waals surface area contributed by atoms with Crippen molar-refractivity contribution >= 4 is 11.7 Å². The monoisotopic (exact) mass is 301 g/mol. The van der Waals surface area contributed by atoms with Gasteiger partial charge in [-0.05, 0) is 43.4 Å². The van der Waals surface area contributed by atoms with E-state index < -0.39 is 0 Å². The lowest BCUT2D eigenvalue weighted by Crippen LogP contribution is -2.15. The molecule has 1 saturated carbocycles. The minimum atomic E-state index is -0.281. The lowest BCUT2D eigenvalue weighted by Gasteiger charge is -2.09. The first kappa shape index (κ1) is 14.8. The minimum absolute atomic E-state index is 0.00163. The van der Waals surface area contributed by atoms with Gasteiger partial charge in [-0.3, -0.25) is 9.89 Å². The van der Waals surface area contributed by atoms with Gasteiger partial charge in [0.15, 0.2) is 5.82 Å². The number of hydrogen-bond acceptors (Lipinski definition) is 2. The molecule has 0 spiro atoms. The second-order valence-corrected chi connectivity index (χ2v) is 5.98. The van der Waals surface area contributed by atoms with Crippen LogP contribution in [0.1, 0.15) is 37.8 Å². The summed E-state index contributed by atoms with van der Waals surface area (Å²) in [5.41, 5.74) is 2.51. The Morgan fingerprint density at radius 1 is 1.32 bits per heavy atom. The van der Waals surface area contributed by atoms with Crippen LogP contribution < -0.4 is 5.32 Å². The largest absolute Gasteiger partial charge is 0.309 e. The summed E-state index contributed by atoms with van der Waals surface area (Å²) in [7, 11) is 0. The van der Waals surface area contributed by atoms with Gasteiger partial charge in [0.05, 0.1) is 0 Å². The third kappa shape index (κ3) is 3.18. The predicted molar refractivity (Wildman–Crippen MR) is 83.9 cm³/mol. The van der Waals surface area contributed by atoms with Gasteiger partial charge in [0.1, 0.15) is 5.82 Å². The lowest BCUT2D eigenvalue weighted by molar-refractivity contribution is -0.117. The number of amides is 1. The van der Waals surface area contributed by atoms with E-state index in [4.69, 9.17) is 0 Å². The molecule has 0 aliphatic heterocycles. The van der Waals surface area contributed by atoms with E-state index in [0.717, 1.165) is 29.7 Å². The number of anilines is 1. The predicted octanol–water partition coefficient (Wildman–Crippen LogP) is 4.04. The number of nitrogens with one attached hydrogen (secondary N) is 2. The third-order valence-corrected chi connectivity index (χ3v) is 4.29. The smallest absolute Gasteiger partial charge is 0.225 e. The number of carbonyl (C=O) groups excluding carboxylic acids is 1. The lowest BCUT2D eigenvalue weighted by atomic mass is 10.0. The topological polar surface area (TPSA) is 57.8 Å². The van der Waals surface area contributed by atoms with E-state index in [1.165, 1.54) is 25.0 Å². The Morgan fingerprint density at radius 3 is 2.68 bits per heavy atom. The highest BCUT2D eigenvalue weighted by Gasteiger charge is 2.20. The van der Waals surface area contributed by atoms with Gasteiger partial charge in [0.2, 0.25) is 5.91 Å². The summed E-state index contributed by atoms with van der Waals surface area (Å²) in [5.74, 6) is 0.736. The van der Waals surface area contributed by atoms with E-state index in [-0.39, 0.29) is 11.7 Å². The van der Waals surface area contributed by atoms with Crippen molar-refractivity contribution in [3.8, 4) is 11.1 Å². The number of benzene rings is 1. The number of carbonyl (C=O) groups is 1. The third-order valence-electron chi connectivity index (χ3n) is 4.29. The van der Waals surface area contributed by atoms with Crippen LogP contribution in [0.3, 0.4) is 0 Å². The van der Waals surface area contributed by atoms with Crippen LogP contribution in [-0.4, -0.2) is 16.1 Å². The van der Waals surface area contributed by atoms with Crippen LogP contribution in [0.2, 0.25) is 0 Å². The SMILES string of the molecule is Cc1[nH]nc(NC(=O)CC2CCCC2)c1-c1ccc(F)cc1. The van der Waals surface area contributed by atoms with Crippen LogP contribution >= 0.6 is 0 Å². The van der Waals surface area contributed by atoms with Gasteiger partial charge in [-0.15, -0.1) is 0 Å². The fourth-order valence-electron chi connectivity index (χ4n) is 3.15. The maximum atomic E-state index is 13.1. The molecule has 0 unspecified atom stereocenters. The summed E-state index contributed by atoms with van der Waals surface area (Å²) in [6.07, 6.45) is 5.27. The zero-order valence-corrected chi connectivity index (χ0v) is 12.7. The van der Waals surface area contributed by atoms with Crippen molar-refractivity contribution in [2.75, 3.05) is 5.32 Å². The molecule has 0 radical (unpaired) electrons. The van der Waals surface area contributed by atoms with Crippen molar-refractivity contribution in [3.05, 3.63) is 35.8 Å². The van der Waals surface area contributed by atoms with Gasteiger partial charge in [-0.25, -0.2) is 4.39 Å². The van der Waals surface area contributed by atoms with Crippen LogP contribution in [-0.2, 0) is 4.79 Å². The van der Waals surface area contributed by atoms with Gasteiger partial charge < -0.3 is 5.32 Å². The molecule has 1 aliphatic carbocycles. The van der Waals surface area contributed by atoms with E-state index in [9.17, 15) is 9.18 Å². The number of H-pyrrole nitrogens is 1. The molecule has 1 aromatic heterocycles. The van der Waals surface area contributed by atoms with Crippen LogP contribution in [0, 0.1) is 18.7 Å². The molecule has 0 saturated heterocycles. The van der Waals surface area contributed by atoms with Gasteiger partial charge >= 0.3 is 0 Å². The zero-order valence-electron chi connectivity index (χ0n) is 12.7. The Kier molecular flexibility index (Phi) is 4.22. The first-order valence-corrected chi connectivity index (χ1v) is 7.74. The average molecular weight is 301 g/mol. The van der Waals surface area contributed by atoms with Gasteiger partial charge in [0, 0.05) is 17.7 Å². The molecule has 1 heterocycles. The van der Waals surface area contributed by atoms with Crippen molar-refractivity contribution in [2.24, 2.45) is 5.92 Å². The maximum absolute atomic E-state index is 13.1. The summed E-state index contributed by atoms with van der Waals surface area (Å²) < 4.78 is 13.1. The van der Waals surface area contributed by atoms with E-state index in [2.05, 4.69) is 15.5 Å². The number of nitrogens with zero attached hydrogens (tertiary/aromatic N) is 1. The van der Waals surface area contributed by atoms with Crippen molar-refractivity contribution in [2.45, 2.75) is 39.0 Å². The highest BCUT2D eigenvalue weighted by Crippen LogP contribution is 2.31. The molecule has 2 aromatic rings. The maximum Gasteiger partial charge on any atom is 0.225 e. The van der Waals surface area contributed by atoms with Crippen LogP contribution in [0.15, 0.2) is 24.3 Å². The first-order valence-electron chi connectivity index (χ1n) is 7.74. The number of aromatic nitrogens is 2. The molecule has 116 valence electrons. The summed E-state index contributed by atoms with van der Waals surface area (Å²) in [5, 5.41) is 9.97. The van der Waals surface area contributed by atoms with Crippen molar-refractivity contribution in [3.63, 3.8) is 0 Å². The molecule has 4 nitrogen and oxygen atoms in total. The highest BCUT2D eigenvalue weighted by atomic mass is 19.1.